The number of rotatable bonds is 0. The van der Waals surface area contributed by atoms with Crippen molar-refractivity contribution in [3.8, 4) is 0 Å². The minimum absolute atomic E-state index is 0.00449. The first-order valence-electron chi connectivity index (χ1n) is 3.92. The molecule has 0 fully saturated rings. The summed E-state index contributed by atoms with van der Waals surface area (Å²) in [6.07, 6.45) is 1.29. The first kappa shape index (κ1) is 7.89. The van der Waals surface area contributed by atoms with Crippen molar-refractivity contribution in [2.45, 2.75) is 25.8 Å². The summed E-state index contributed by atoms with van der Waals surface area (Å²) in [6, 6.07) is 0.00449. The van der Waals surface area contributed by atoms with Gasteiger partial charge in [-0.25, -0.2) is 0 Å². The lowest BCUT2D eigenvalue weighted by molar-refractivity contribution is 0.0966. The highest BCUT2D eigenvalue weighted by atomic mass is 32.1. The van der Waals surface area contributed by atoms with E-state index in [0.29, 0.717) is 6.42 Å². The molecule has 2 N–H and O–H groups in total. The van der Waals surface area contributed by atoms with E-state index < -0.39 is 0 Å². The molecule has 0 saturated carbocycles. The van der Waals surface area contributed by atoms with Crippen molar-refractivity contribution in [1.82, 2.24) is 4.37 Å². The van der Waals surface area contributed by atoms with Crippen LogP contribution in [0.4, 0.5) is 0 Å². The fourth-order valence-electron chi connectivity index (χ4n) is 1.56. The van der Waals surface area contributed by atoms with Crippen molar-refractivity contribution >= 4 is 17.3 Å². The third-order valence-corrected chi connectivity index (χ3v) is 3.06. The van der Waals surface area contributed by atoms with Crippen LogP contribution in [0.5, 0.6) is 0 Å². The number of nitrogens with zero attached hydrogens (tertiary/aromatic N) is 1. The number of carbonyl (C=O) groups excluding carboxylic acids is 1. The Kier molecular flexibility index (Phi) is 1.73. The number of Topliss-reactive ketones (excluding diaryl/α,β-unsaturated/α-hetero) is 1. The second-order valence-corrected chi connectivity index (χ2v) is 4.02. The van der Waals surface area contributed by atoms with E-state index in [2.05, 4.69) is 4.37 Å². The highest BCUT2D eigenvalue weighted by Crippen LogP contribution is 2.26. The van der Waals surface area contributed by atoms with Crippen LogP contribution in [0.3, 0.4) is 0 Å². The molecule has 1 atom stereocenters. The Bertz CT molecular complexity index is 332. The molecule has 3 nitrogen and oxygen atoms in total. The zero-order valence-electron chi connectivity index (χ0n) is 6.83. The summed E-state index contributed by atoms with van der Waals surface area (Å²) in [6.45, 7) is 1.88. The molecule has 4 heteroatoms. The van der Waals surface area contributed by atoms with Crippen molar-refractivity contribution < 1.29 is 4.79 Å². The van der Waals surface area contributed by atoms with E-state index in [-0.39, 0.29) is 11.8 Å². The SMILES string of the molecule is Cc1nsc2c1C(=O)CC(N)C2. The molecule has 0 bridgehead atoms. The van der Waals surface area contributed by atoms with Crippen LogP contribution in [-0.4, -0.2) is 16.2 Å². The summed E-state index contributed by atoms with van der Waals surface area (Å²) in [5, 5.41) is 0. The number of ketones is 1. The zero-order chi connectivity index (χ0) is 8.72. The number of aryl methyl sites for hydroxylation is 1. The molecule has 0 aromatic carbocycles. The monoisotopic (exact) mass is 182 g/mol. The van der Waals surface area contributed by atoms with Gasteiger partial charge in [0, 0.05) is 17.3 Å². The maximum absolute atomic E-state index is 11.5. The molecular weight excluding hydrogens is 172 g/mol. The molecule has 1 aliphatic rings. The van der Waals surface area contributed by atoms with E-state index in [1.54, 1.807) is 0 Å². The maximum Gasteiger partial charge on any atom is 0.167 e. The van der Waals surface area contributed by atoms with Crippen LogP contribution in [0.1, 0.15) is 27.3 Å². The molecule has 2 rings (SSSR count). The predicted octanol–water partition coefficient (Wildman–Crippen LogP) is 0.908. The molecule has 1 unspecified atom stereocenters. The standard InChI is InChI=1S/C8H10N2OS/c1-4-8-6(11)2-5(9)3-7(8)12-10-4/h5H,2-3,9H2,1H3. The Morgan fingerprint density at radius 2 is 2.33 bits per heavy atom. The Morgan fingerprint density at radius 3 is 3.08 bits per heavy atom. The van der Waals surface area contributed by atoms with E-state index in [4.69, 9.17) is 5.73 Å². The Morgan fingerprint density at radius 1 is 1.58 bits per heavy atom. The van der Waals surface area contributed by atoms with Crippen molar-refractivity contribution in [1.29, 1.82) is 0 Å². The smallest absolute Gasteiger partial charge is 0.167 e. The van der Waals surface area contributed by atoms with Crippen molar-refractivity contribution in [3.63, 3.8) is 0 Å². The lowest BCUT2D eigenvalue weighted by atomic mass is 9.93. The molecule has 1 heterocycles. The summed E-state index contributed by atoms with van der Waals surface area (Å²) >= 11 is 1.41. The third kappa shape index (κ3) is 1.07. The molecule has 64 valence electrons. The first-order chi connectivity index (χ1) is 5.68. The predicted molar refractivity (Wildman–Crippen MR) is 47.5 cm³/mol. The zero-order valence-corrected chi connectivity index (χ0v) is 7.65. The Labute approximate surface area is 74.8 Å². The average molecular weight is 182 g/mol. The second-order valence-electron chi connectivity index (χ2n) is 3.16. The van der Waals surface area contributed by atoms with Gasteiger partial charge in [-0.2, -0.15) is 4.37 Å². The fourth-order valence-corrected chi connectivity index (χ4v) is 2.54. The van der Waals surface area contributed by atoms with E-state index in [0.717, 1.165) is 22.6 Å². The van der Waals surface area contributed by atoms with Crippen molar-refractivity contribution in [3.05, 3.63) is 16.1 Å². The van der Waals surface area contributed by atoms with Crippen molar-refractivity contribution in [2.75, 3.05) is 0 Å². The van der Waals surface area contributed by atoms with Crippen LogP contribution >= 0.6 is 11.5 Å². The van der Waals surface area contributed by atoms with E-state index >= 15 is 0 Å². The van der Waals surface area contributed by atoms with Crippen LogP contribution in [0.2, 0.25) is 0 Å². The quantitative estimate of drug-likeness (QED) is 0.648. The lowest BCUT2D eigenvalue weighted by Crippen LogP contribution is -2.30. The molecule has 0 amide bonds. The molecule has 12 heavy (non-hydrogen) atoms. The Hall–Kier alpha value is -0.740. The second kappa shape index (κ2) is 2.64. The van der Waals surface area contributed by atoms with Gasteiger partial charge in [-0.15, -0.1) is 0 Å². The molecule has 1 aromatic heterocycles. The van der Waals surface area contributed by atoms with Gasteiger partial charge in [0.15, 0.2) is 5.78 Å². The van der Waals surface area contributed by atoms with Gasteiger partial charge >= 0.3 is 0 Å². The van der Waals surface area contributed by atoms with Gasteiger partial charge < -0.3 is 5.73 Å². The van der Waals surface area contributed by atoms with Gasteiger partial charge in [-0.3, -0.25) is 4.79 Å². The van der Waals surface area contributed by atoms with Crippen LogP contribution < -0.4 is 5.73 Å². The van der Waals surface area contributed by atoms with Gasteiger partial charge in [0.1, 0.15) is 0 Å². The molecule has 0 spiro atoms. The van der Waals surface area contributed by atoms with Crippen molar-refractivity contribution in [2.24, 2.45) is 5.73 Å². The molecule has 0 radical (unpaired) electrons. The molecule has 0 aliphatic heterocycles. The van der Waals surface area contributed by atoms with E-state index in [1.807, 2.05) is 6.92 Å². The number of hydrogen-bond acceptors (Lipinski definition) is 4. The first-order valence-corrected chi connectivity index (χ1v) is 4.69. The highest BCUT2D eigenvalue weighted by molar-refractivity contribution is 7.06. The average Bonchev–Trinajstić information content (AvgIpc) is 2.31. The van der Waals surface area contributed by atoms with Gasteiger partial charge in [0.05, 0.1) is 11.3 Å². The summed E-state index contributed by atoms with van der Waals surface area (Å²) in [7, 11) is 0. The minimum atomic E-state index is 0.00449. The van der Waals surface area contributed by atoms with Crippen LogP contribution in [-0.2, 0) is 6.42 Å². The van der Waals surface area contributed by atoms with Gasteiger partial charge in [-0.1, -0.05) is 0 Å². The van der Waals surface area contributed by atoms with Crippen LogP contribution in [0.25, 0.3) is 0 Å². The van der Waals surface area contributed by atoms with Gasteiger partial charge in [-0.05, 0) is 24.9 Å². The fraction of sp³-hybridized carbons (Fsp3) is 0.500. The van der Waals surface area contributed by atoms with Crippen LogP contribution in [0, 0.1) is 6.92 Å². The molecule has 1 aliphatic carbocycles. The highest BCUT2D eigenvalue weighted by Gasteiger charge is 2.26. The number of aromatic nitrogens is 1. The molecular formula is C8H10N2OS. The summed E-state index contributed by atoms with van der Waals surface area (Å²) < 4.78 is 4.15. The number of carbonyl (C=O) groups is 1. The van der Waals surface area contributed by atoms with Crippen LogP contribution in [0.15, 0.2) is 0 Å². The summed E-state index contributed by atoms with van der Waals surface area (Å²) in [5.74, 6) is 0.162. The van der Waals surface area contributed by atoms with Gasteiger partial charge in [0.2, 0.25) is 0 Å². The lowest BCUT2D eigenvalue weighted by Gasteiger charge is -2.16. The van der Waals surface area contributed by atoms with E-state index in [9.17, 15) is 4.79 Å². The van der Waals surface area contributed by atoms with Gasteiger partial charge in [0.25, 0.3) is 0 Å². The topological polar surface area (TPSA) is 56.0 Å². The summed E-state index contributed by atoms with van der Waals surface area (Å²) in [5.41, 5.74) is 7.41. The Balaban J connectivity index is 2.50. The summed E-state index contributed by atoms with van der Waals surface area (Å²) in [4.78, 5) is 12.5. The number of nitrogens with two attached hydrogens (primary N) is 1. The number of fused-ring (bicyclic) bond motifs is 1. The maximum atomic E-state index is 11.5. The molecule has 0 saturated heterocycles. The van der Waals surface area contributed by atoms with E-state index in [1.165, 1.54) is 11.5 Å². The number of hydrogen-bond donors (Lipinski definition) is 1. The third-order valence-electron chi connectivity index (χ3n) is 2.11. The normalized spacial score (nSPS) is 22.5. The molecule has 1 aromatic rings. The minimum Gasteiger partial charge on any atom is -0.327 e. The largest absolute Gasteiger partial charge is 0.327 e.